The van der Waals surface area contributed by atoms with Crippen molar-refractivity contribution < 1.29 is 0 Å². The Bertz CT molecular complexity index is 166. The monoisotopic (exact) mass is 170 g/mol. The molecule has 2 atom stereocenters. The standard InChI is InChI=1S/C8H18N4/c1-10-8(11-2)12-7-4-3-6(9)5-7/h6-7H,3-5,9H2,1-2H3,(H2,10,11,12)/t6-,7-/m0/s1. The second-order valence-corrected chi connectivity index (χ2v) is 3.24. The lowest BCUT2D eigenvalue weighted by molar-refractivity contribution is 0.604. The number of nitrogens with zero attached hydrogens (tertiary/aromatic N) is 1. The fourth-order valence-electron chi connectivity index (χ4n) is 1.59. The van der Waals surface area contributed by atoms with E-state index in [1.165, 1.54) is 0 Å². The lowest BCUT2D eigenvalue weighted by Crippen LogP contribution is -2.41. The molecule has 0 heterocycles. The Labute approximate surface area is 73.6 Å². The molecule has 0 saturated heterocycles. The molecule has 1 aliphatic rings. The summed E-state index contributed by atoms with van der Waals surface area (Å²) in [5, 5.41) is 6.30. The summed E-state index contributed by atoms with van der Waals surface area (Å²) in [6.45, 7) is 0. The molecule has 1 rings (SSSR count). The molecule has 4 heteroatoms. The summed E-state index contributed by atoms with van der Waals surface area (Å²) in [6, 6.07) is 0.878. The molecule has 0 aromatic carbocycles. The van der Waals surface area contributed by atoms with Crippen molar-refractivity contribution in [3.8, 4) is 0 Å². The van der Waals surface area contributed by atoms with Gasteiger partial charge in [-0.05, 0) is 19.3 Å². The smallest absolute Gasteiger partial charge is 0.190 e. The molecule has 0 amide bonds. The highest BCUT2D eigenvalue weighted by Gasteiger charge is 2.21. The van der Waals surface area contributed by atoms with E-state index in [-0.39, 0.29) is 0 Å². The van der Waals surface area contributed by atoms with E-state index in [4.69, 9.17) is 5.73 Å². The number of hydrogen-bond acceptors (Lipinski definition) is 2. The van der Waals surface area contributed by atoms with E-state index in [0.717, 1.165) is 25.2 Å². The van der Waals surface area contributed by atoms with Crippen LogP contribution in [0.2, 0.25) is 0 Å². The molecule has 1 saturated carbocycles. The van der Waals surface area contributed by atoms with Crippen molar-refractivity contribution in [3.63, 3.8) is 0 Å². The molecule has 0 aromatic rings. The Morgan fingerprint density at radius 2 is 2.25 bits per heavy atom. The lowest BCUT2D eigenvalue weighted by atomic mass is 10.2. The van der Waals surface area contributed by atoms with Gasteiger partial charge in [0.2, 0.25) is 0 Å². The van der Waals surface area contributed by atoms with Gasteiger partial charge < -0.3 is 16.4 Å². The number of nitrogens with two attached hydrogens (primary N) is 1. The van der Waals surface area contributed by atoms with Crippen molar-refractivity contribution in [1.29, 1.82) is 0 Å². The van der Waals surface area contributed by atoms with Crippen LogP contribution in [0.5, 0.6) is 0 Å². The summed E-state index contributed by atoms with van der Waals surface area (Å²) < 4.78 is 0. The van der Waals surface area contributed by atoms with Gasteiger partial charge >= 0.3 is 0 Å². The average molecular weight is 170 g/mol. The van der Waals surface area contributed by atoms with Crippen LogP contribution in [0, 0.1) is 0 Å². The normalized spacial score (nSPS) is 30.4. The van der Waals surface area contributed by atoms with Crippen LogP contribution in [0.1, 0.15) is 19.3 Å². The van der Waals surface area contributed by atoms with Crippen LogP contribution in [-0.2, 0) is 0 Å². The zero-order valence-corrected chi connectivity index (χ0v) is 7.80. The van der Waals surface area contributed by atoms with Crippen LogP contribution in [-0.4, -0.2) is 32.1 Å². The Morgan fingerprint density at radius 1 is 1.50 bits per heavy atom. The van der Waals surface area contributed by atoms with Gasteiger partial charge in [0.15, 0.2) is 5.96 Å². The maximum absolute atomic E-state index is 5.78. The molecule has 1 aliphatic carbocycles. The van der Waals surface area contributed by atoms with E-state index in [2.05, 4.69) is 15.6 Å². The average Bonchev–Trinajstić information content (AvgIpc) is 2.47. The second-order valence-electron chi connectivity index (χ2n) is 3.24. The van der Waals surface area contributed by atoms with E-state index in [9.17, 15) is 0 Å². The fourth-order valence-corrected chi connectivity index (χ4v) is 1.59. The van der Waals surface area contributed by atoms with Crippen molar-refractivity contribution in [3.05, 3.63) is 0 Å². The molecule has 0 aromatic heterocycles. The molecule has 4 N–H and O–H groups in total. The van der Waals surface area contributed by atoms with E-state index >= 15 is 0 Å². The van der Waals surface area contributed by atoms with Gasteiger partial charge in [-0.15, -0.1) is 0 Å². The molecule has 70 valence electrons. The van der Waals surface area contributed by atoms with Gasteiger partial charge in [-0.2, -0.15) is 0 Å². The maximum atomic E-state index is 5.78. The second kappa shape index (κ2) is 4.30. The van der Waals surface area contributed by atoms with E-state index in [0.29, 0.717) is 12.1 Å². The summed E-state index contributed by atoms with van der Waals surface area (Å²) in [5.74, 6) is 0.856. The molecule has 0 aliphatic heterocycles. The predicted molar refractivity (Wildman–Crippen MR) is 51.2 cm³/mol. The number of nitrogens with one attached hydrogen (secondary N) is 2. The van der Waals surface area contributed by atoms with Crippen LogP contribution in [0.3, 0.4) is 0 Å². The van der Waals surface area contributed by atoms with Gasteiger partial charge in [-0.1, -0.05) is 0 Å². The molecular weight excluding hydrogens is 152 g/mol. The highest BCUT2D eigenvalue weighted by molar-refractivity contribution is 5.79. The first-order chi connectivity index (χ1) is 5.76. The molecule has 1 fully saturated rings. The van der Waals surface area contributed by atoms with Crippen LogP contribution in [0.15, 0.2) is 4.99 Å². The van der Waals surface area contributed by atoms with Gasteiger partial charge in [0.25, 0.3) is 0 Å². The van der Waals surface area contributed by atoms with Crippen molar-refractivity contribution >= 4 is 5.96 Å². The van der Waals surface area contributed by atoms with Gasteiger partial charge in [0.05, 0.1) is 0 Å². The first kappa shape index (κ1) is 9.32. The van der Waals surface area contributed by atoms with Crippen LogP contribution >= 0.6 is 0 Å². The summed E-state index contributed by atoms with van der Waals surface area (Å²) in [6.07, 6.45) is 3.33. The van der Waals surface area contributed by atoms with Crippen molar-refractivity contribution in [2.45, 2.75) is 31.3 Å². The molecule has 0 spiro atoms. The van der Waals surface area contributed by atoms with Crippen molar-refractivity contribution in [1.82, 2.24) is 10.6 Å². The predicted octanol–water partition coefficient (Wildman–Crippen LogP) is -0.339. The Kier molecular flexibility index (Phi) is 3.34. The summed E-state index contributed by atoms with van der Waals surface area (Å²) in [7, 11) is 3.64. The lowest BCUT2D eigenvalue weighted by Gasteiger charge is -2.14. The van der Waals surface area contributed by atoms with Crippen molar-refractivity contribution in [2.24, 2.45) is 10.7 Å². The number of rotatable bonds is 1. The highest BCUT2D eigenvalue weighted by Crippen LogP contribution is 2.16. The quantitative estimate of drug-likeness (QED) is 0.373. The van der Waals surface area contributed by atoms with E-state index < -0.39 is 0 Å². The SMILES string of the molecule is CN=C(NC)N[C@H]1CC[C@H](N)C1. The van der Waals surface area contributed by atoms with Gasteiger partial charge in [0.1, 0.15) is 0 Å². The third kappa shape index (κ3) is 2.37. The third-order valence-corrected chi connectivity index (χ3v) is 2.27. The summed E-state index contributed by atoms with van der Waals surface area (Å²) >= 11 is 0. The van der Waals surface area contributed by atoms with Crippen LogP contribution < -0.4 is 16.4 Å². The largest absolute Gasteiger partial charge is 0.359 e. The first-order valence-corrected chi connectivity index (χ1v) is 4.43. The van der Waals surface area contributed by atoms with Crippen LogP contribution in [0.4, 0.5) is 0 Å². The van der Waals surface area contributed by atoms with Gasteiger partial charge in [0, 0.05) is 26.2 Å². The van der Waals surface area contributed by atoms with Gasteiger partial charge in [-0.3, -0.25) is 4.99 Å². The van der Waals surface area contributed by atoms with Gasteiger partial charge in [-0.25, -0.2) is 0 Å². The fraction of sp³-hybridized carbons (Fsp3) is 0.875. The minimum atomic E-state index is 0.373. The molecule has 4 nitrogen and oxygen atoms in total. The third-order valence-electron chi connectivity index (χ3n) is 2.27. The topological polar surface area (TPSA) is 62.4 Å². The molecular formula is C8H18N4. The summed E-state index contributed by atoms with van der Waals surface area (Å²) in [5.41, 5.74) is 5.78. The van der Waals surface area contributed by atoms with E-state index in [1.807, 2.05) is 7.05 Å². The Balaban J connectivity index is 2.31. The Morgan fingerprint density at radius 3 is 2.67 bits per heavy atom. The van der Waals surface area contributed by atoms with Crippen LogP contribution in [0.25, 0.3) is 0 Å². The molecule has 12 heavy (non-hydrogen) atoms. The first-order valence-electron chi connectivity index (χ1n) is 4.43. The maximum Gasteiger partial charge on any atom is 0.190 e. The zero-order valence-electron chi connectivity index (χ0n) is 7.80. The number of hydrogen-bond donors (Lipinski definition) is 3. The minimum Gasteiger partial charge on any atom is -0.359 e. The molecule has 0 radical (unpaired) electrons. The minimum absolute atomic E-state index is 0.373. The van der Waals surface area contributed by atoms with Crippen molar-refractivity contribution in [2.75, 3.05) is 14.1 Å². The van der Waals surface area contributed by atoms with E-state index in [1.54, 1.807) is 7.05 Å². The molecule has 0 unspecified atom stereocenters. The Hall–Kier alpha value is -0.770. The zero-order chi connectivity index (χ0) is 8.97. The highest BCUT2D eigenvalue weighted by atomic mass is 15.2. The number of aliphatic imine (C=N–C) groups is 1. The number of guanidine groups is 1. The molecule has 0 bridgehead atoms. The summed E-state index contributed by atoms with van der Waals surface area (Å²) in [4.78, 5) is 4.05.